The molecule has 138 valence electrons. The van der Waals surface area contributed by atoms with Gasteiger partial charge in [0.2, 0.25) is 5.91 Å². The van der Waals surface area contributed by atoms with Gasteiger partial charge in [0.25, 0.3) is 0 Å². The van der Waals surface area contributed by atoms with Crippen LogP contribution in [0.3, 0.4) is 0 Å². The normalized spacial score (nSPS) is 29.2. The minimum absolute atomic E-state index is 0.154. The molecule has 1 amide bonds. The van der Waals surface area contributed by atoms with Crippen LogP contribution in [0.4, 0.5) is 4.39 Å². The zero-order valence-corrected chi connectivity index (χ0v) is 13.2. The third-order valence-electron chi connectivity index (χ3n) is 3.97. The van der Waals surface area contributed by atoms with Crippen LogP contribution in [0.25, 0.3) is 0 Å². The standard InChI is InChI=1S/C16H20FNO7/c17-9-3-1-8(2-4-9)10(20)5-6-12(21)18-13-15(23)14(22)11(7-19)25-16(13)24/h1-4,11,13-16,19,22-24H,5-7H2,(H,18,21)/t11-,13?,14?,15-,16?/m1/s1. The number of hydrogen-bond donors (Lipinski definition) is 5. The molecule has 1 saturated heterocycles. The van der Waals surface area contributed by atoms with Gasteiger partial charge in [-0.25, -0.2) is 4.39 Å². The molecule has 0 bridgehead atoms. The lowest BCUT2D eigenvalue weighted by molar-refractivity contribution is -0.253. The summed E-state index contributed by atoms with van der Waals surface area (Å²) in [5.74, 6) is -1.48. The Bertz CT molecular complexity index is 609. The second-order valence-electron chi connectivity index (χ2n) is 5.75. The second kappa shape index (κ2) is 8.45. The van der Waals surface area contributed by atoms with Crippen molar-refractivity contribution >= 4 is 11.7 Å². The van der Waals surface area contributed by atoms with E-state index in [0.717, 1.165) is 12.1 Å². The van der Waals surface area contributed by atoms with Crippen LogP contribution < -0.4 is 5.32 Å². The van der Waals surface area contributed by atoms with Crippen LogP contribution in [-0.4, -0.2) is 69.4 Å². The highest BCUT2D eigenvalue weighted by atomic mass is 19.1. The molecule has 0 saturated carbocycles. The Morgan fingerprint density at radius 2 is 1.72 bits per heavy atom. The Hall–Kier alpha value is -1.91. The number of benzene rings is 1. The smallest absolute Gasteiger partial charge is 0.220 e. The molecule has 1 aliphatic heterocycles. The van der Waals surface area contributed by atoms with Gasteiger partial charge in [-0.1, -0.05) is 0 Å². The predicted molar refractivity (Wildman–Crippen MR) is 81.9 cm³/mol. The fourth-order valence-corrected chi connectivity index (χ4v) is 2.52. The molecular formula is C16H20FNO7. The lowest BCUT2D eigenvalue weighted by Gasteiger charge is -2.40. The van der Waals surface area contributed by atoms with Crippen LogP contribution in [0.1, 0.15) is 23.2 Å². The van der Waals surface area contributed by atoms with Crippen molar-refractivity contribution in [1.29, 1.82) is 0 Å². The molecule has 0 radical (unpaired) electrons. The van der Waals surface area contributed by atoms with E-state index in [0.29, 0.717) is 0 Å². The first-order valence-electron chi connectivity index (χ1n) is 7.72. The van der Waals surface area contributed by atoms with Gasteiger partial charge in [0.1, 0.15) is 30.2 Å². The molecule has 9 heteroatoms. The first-order chi connectivity index (χ1) is 11.8. The van der Waals surface area contributed by atoms with Gasteiger partial charge in [-0.3, -0.25) is 9.59 Å². The first-order valence-corrected chi connectivity index (χ1v) is 7.72. The Balaban J connectivity index is 1.87. The van der Waals surface area contributed by atoms with E-state index in [1.807, 2.05) is 0 Å². The number of hydrogen-bond acceptors (Lipinski definition) is 7. The molecule has 1 fully saturated rings. The highest BCUT2D eigenvalue weighted by Gasteiger charge is 2.44. The summed E-state index contributed by atoms with van der Waals surface area (Å²) in [5.41, 5.74) is 0.261. The molecule has 0 spiro atoms. The molecule has 1 aromatic carbocycles. The number of carbonyl (C=O) groups excluding carboxylic acids is 2. The molecule has 1 heterocycles. The number of ketones is 1. The molecule has 1 aromatic rings. The van der Waals surface area contributed by atoms with Crippen molar-refractivity contribution in [3.8, 4) is 0 Å². The Morgan fingerprint density at radius 3 is 2.32 bits per heavy atom. The summed E-state index contributed by atoms with van der Waals surface area (Å²) in [7, 11) is 0. The molecule has 8 nitrogen and oxygen atoms in total. The fraction of sp³-hybridized carbons (Fsp3) is 0.500. The van der Waals surface area contributed by atoms with Gasteiger partial charge < -0.3 is 30.5 Å². The number of nitrogens with one attached hydrogen (secondary N) is 1. The molecule has 5 atom stereocenters. The lowest BCUT2D eigenvalue weighted by Crippen LogP contribution is -2.64. The number of carbonyl (C=O) groups is 2. The molecule has 1 aliphatic rings. The average Bonchev–Trinajstić information content (AvgIpc) is 2.60. The summed E-state index contributed by atoms with van der Waals surface area (Å²) < 4.78 is 17.7. The fourth-order valence-electron chi connectivity index (χ4n) is 2.52. The van der Waals surface area contributed by atoms with E-state index in [-0.39, 0.29) is 24.2 Å². The van der Waals surface area contributed by atoms with Crippen LogP contribution in [-0.2, 0) is 9.53 Å². The molecule has 0 aromatic heterocycles. The van der Waals surface area contributed by atoms with Crippen molar-refractivity contribution < 1.29 is 39.1 Å². The Morgan fingerprint density at radius 1 is 1.08 bits per heavy atom. The van der Waals surface area contributed by atoms with Crippen LogP contribution in [0.2, 0.25) is 0 Å². The summed E-state index contributed by atoms with van der Waals surface area (Å²) in [4.78, 5) is 23.8. The van der Waals surface area contributed by atoms with E-state index in [1.54, 1.807) is 0 Å². The molecule has 25 heavy (non-hydrogen) atoms. The van der Waals surface area contributed by atoms with E-state index in [4.69, 9.17) is 9.84 Å². The van der Waals surface area contributed by atoms with Crippen molar-refractivity contribution in [3.63, 3.8) is 0 Å². The van der Waals surface area contributed by atoms with Crippen molar-refractivity contribution in [3.05, 3.63) is 35.6 Å². The summed E-state index contributed by atoms with van der Waals surface area (Å²) in [6.07, 6.45) is -6.20. The summed E-state index contributed by atoms with van der Waals surface area (Å²) in [6, 6.07) is 3.59. The molecule has 5 N–H and O–H groups in total. The largest absolute Gasteiger partial charge is 0.394 e. The topological polar surface area (TPSA) is 136 Å². The van der Waals surface area contributed by atoms with Gasteiger partial charge in [0.15, 0.2) is 12.1 Å². The number of rotatable bonds is 6. The molecule has 0 aliphatic carbocycles. The van der Waals surface area contributed by atoms with Gasteiger partial charge in [-0.2, -0.15) is 0 Å². The van der Waals surface area contributed by atoms with Crippen molar-refractivity contribution in [2.24, 2.45) is 0 Å². The van der Waals surface area contributed by atoms with Gasteiger partial charge in [-0.05, 0) is 24.3 Å². The number of amides is 1. The Kier molecular flexibility index (Phi) is 6.57. The van der Waals surface area contributed by atoms with Crippen molar-refractivity contribution in [2.45, 2.75) is 43.5 Å². The van der Waals surface area contributed by atoms with E-state index >= 15 is 0 Å². The van der Waals surface area contributed by atoms with Gasteiger partial charge in [0, 0.05) is 18.4 Å². The number of Topliss-reactive ketones (excluding diaryl/α,β-unsaturated/α-hetero) is 1. The first kappa shape index (κ1) is 19.4. The zero-order valence-electron chi connectivity index (χ0n) is 13.2. The monoisotopic (exact) mass is 357 g/mol. The Labute approximate surface area is 142 Å². The number of aliphatic hydroxyl groups excluding tert-OH is 4. The maximum atomic E-state index is 12.8. The van der Waals surface area contributed by atoms with E-state index < -0.39 is 49.0 Å². The third kappa shape index (κ3) is 4.80. The predicted octanol–water partition coefficient (Wildman–Crippen LogP) is -1.30. The number of ether oxygens (including phenoxy) is 1. The molecule has 3 unspecified atom stereocenters. The number of aliphatic hydroxyl groups is 4. The van der Waals surface area contributed by atoms with Crippen LogP contribution in [0.5, 0.6) is 0 Å². The second-order valence-corrected chi connectivity index (χ2v) is 5.75. The lowest BCUT2D eigenvalue weighted by atomic mass is 9.97. The maximum absolute atomic E-state index is 12.8. The highest BCUT2D eigenvalue weighted by molar-refractivity contribution is 5.97. The van der Waals surface area contributed by atoms with Gasteiger partial charge >= 0.3 is 0 Å². The highest BCUT2D eigenvalue weighted by Crippen LogP contribution is 2.20. The van der Waals surface area contributed by atoms with Crippen LogP contribution >= 0.6 is 0 Å². The van der Waals surface area contributed by atoms with Gasteiger partial charge in [-0.15, -0.1) is 0 Å². The van der Waals surface area contributed by atoms with E-state index in [2.05, 4.69) is 5.32 Å². The van der Waals surface area contributed by atoms with Gasteiger partial charge in [0.05, 0.1) is 6.61 Å². The van der Waals surface area contributed by atoms with E-state index in [9.17, 15) is 29.3 Å². The summed E-state index contributed by atoms with van der Waals surface area (Å²) in [5, 5.41) is 40.7. The van der Waals surface area contributed by atoms with Crippen molar-refractivity contribution in [2.75, 3.05) is 6.61 Å². The minimum Gasteiger partial charge on any atom is -0.394 e. The van der Waals surface area contributed by atoms with E-state index in [1.165, 1.54) is 12.1 Å². The average molecular weight is 357 g/mol. The molecule has 2 rings (SSSR count). The summed E-state index contributed by atoms with van der Waals surface area (Å²) >= 11 is 0. The maximum Gasteiger partial charge on any atom is 0.220 e. The summed E-state index contributed by atoms with van der Waals surface area (Å²) in [6.45, 7) is -0.609. The minimum atomic E-state index is -1.62. The van der Waals surface area contributed by atoms with Crippen LogP contribution in [0.15, 0.2) is 24.3 Å². The zero-order chi connectivity index (χ0) is 18.6. The third-order valence-corrected chi connectivity index (χ3v) is 3.97. The van der Waals surface area contributed by atoms with Crippen LogP contribution in [0, 0.1) is 5.82 Å². The SMILES string of the molecule is O=C(CCC(=O)c1ccc(F)cc1)NC1C(O)O[C@H](CO)C(O)[C@@H]1O. The molecular weight excluding hydrogens is 337 g/mol. The number of halogens is 1. The quantitative estimate of drug-likeness (QED) is 0.399. The van der Waals surface area contributed by atoms with Crippen molar-refractivity contribution in [1.82, 2.24) is 5.32 Å².